The van der Waals surface area contributed by atoms with Gasteiger partial charge in [0.2, 0.25) is 6.10 Å². The summed E-state index contributed by atoms with van der Waals surface area (Å²) in [4.78, 5) is 34.9. The Morgan fingerprint density at radius 3 is 2.87 bits per heavy atom. The van der Waals surface area contributed by atoms with Gasteiger partial charge in [-0.3, -0.25) is 0 Å². The number of urea groups is 1. The van der Waals surface area contributed by atoms with E-state index in [0.717, 1.165) is 5.56 Å². The van der Waals surface area contributed by atoms with Crippen LogP contribution < -0.4 is 10.6 Å². The summed E-state index contributed by atoms with van der Waals surface area (Å²) in [5, 5.41) is 5.23. The van der Waals surface area contributed by atoms with E-state index in [1.165, 1.54) is 0 Å². The Kier molecular flexibility index (Phi) is 5.96. The lowest BCUT2D eigenvalue weighted by Crippen LogP contribution is -2.37. The summed E-state index contributed by atoms with van der Waals surface area (Å²) in [6.07, 6.45) is -0.105. The second kappa shape index (κ2) is 8.17. The van der Waals surface area contributed by atoms with Crippen LogP contribution in [0.1, 0.15) is 29.3 Å². The van der Waals surface area contributed by atoms with E-state index in [-0.39, 0.29) is 12.6 Å². The first-order valence-corrected chi connectivity index (χ1v) is 7.59. The molecule has 0 fully saturated rings. The van der Waals surface area contributed by atoms with Gasteiger partial charge >= 0.3 is 18.0 Å². The largest absolute Gasteiger partial charge is 0.463 e. The molecule has 0 spiro atoms. The van der Waals surface area contributed by atoms with E-state index >= 15 is 0 Å². The van der Waals surface area contributed by atoms with Gasteiger partial charge in [0.25, 0.3) is 0 Å². The summed E-state index contributed by atoms with van der Waals surface area (Å²) in [5.41, 5.74) is 1.27. The molecule has 124 valence electrons. The van der Waals surface area contributed by atoms with Gasteiger partial charge in [-0.05, 0) is 25.0 Å². The van der Waals surface area contributed by atoms with Gasteiger partial charge in [0.05, 0.1) is 12.2 Å². The Bertz CT molecular complexity index is 588. The van der Waals surface area contributed by atoms with Gasteiger partial charge in [-0.25, -0.2) is 14.4 Å². The first-order valence-electron chi connectivity index (χ1n) is 7.59. The summed E-state index contributed by atoms with van der Waals surface area (Å²) in [6.45, 7) is 2.92. The minimum atomic E-state index is -0.909. The molecule has 7 nitrogen and oxygen atoms in total. The highest BCUT2D eigenvalue weighted by Gasteiger charge is 2.31. The molecule has 0 saturated carbocycles. The van der Waals surface area contributed by atoms with Gasteiger partial charge < -0.3 is 20.1 Å². The zero-order valence-electron chi connectivity index (χ0n) is 13.0. The molecule has 0 aromatic heterocycles. The van der Waals surface area contributed by atoms with Crippen molar-refractivity contribution < 1.29 is 23.9 Å². The zero-order valence-corrected chi connectivity index (χ0v) is 13.0. The summed E-state index contributed by atoms with van der Waals surface area (Å²) in [5.74, 6) is -1.07. The maximum absolute atomic E-state index is 12.0. The maximum atomic E-state index is 12.0. The lowest BCUT2D eigenvalue weighted by molar-refractivity contribution is -0.154. The molecule has 0 radical (unpaired) electrons. The number of carbonyl (C=O) groups is 3. The molecule has 2 N–H and O–H groups in total. The number of cyclic esters (lactones) is 1. The molecule has 2 amide bonds. The first kappa shape index (κ1) is 16.8. The maximum Gasteiger partial charge on any atom is 0.347 e. The molecule has 0 aliphatic carbocycles. The molecule has 23 heavy (non-hydrogen) atoms. The Balaban J connectivity index is 1.73. The Morgan fingerprint density at radius 2 is 2.09 bits per heavy atom. The number of hydrogen-bond acceptors (Lipinski definition) is 5. The molecule has 1 heterocycles. The quantitative estimate of drug-likeness (QED) is 0.603. The topological polar surface area (TPSA) is 93.7 Å². The molecule has 2 rings (SSSR count). The predicted octanol–water partition coefficient (Wildman–Crippen LogP) is 1.02. The first-order chi connectivity index (χ1) is 11.1. The van der Waals surface area contributed by atoms with Crippen molar-refractivity contribution in [2.24, 2.45) is 0 Å². The van der Waals surface area contributed by atoms with Crippen LogP contribution in [0.3, 0.4) is 0 Å². The fraction of sp³-hybridized carbons (Fsp3) is 0.438. The minimum Gasteiger partial charge on any atom is -0.463 e. The van der Waals surface area contributed by atoms with E-state index in [0.29, 0.717) is 31.5 Å². The minimum absolute atomic E-state index is 0.154. The molecule has 1 aliphatic heterocycles. The standard InChI is InChI=1S/C16H20N2O5/c1-2-17-16(21)18-8-5-9-22-15(20)13-10-11-6-3-4-7-12(11)14(19)23-13/h3-4,6-7,13H,2,5,8-10H2,1H3,(H2,17,18,21)/t13-/m1/s1. The van der Waals surface area contributed by atoms with E-state index in [2.05, 4.69) is 10.6 Å². The van der Waals surface area contributed by atoms with Crippen molar-refractivity contribution in [3.8, 4) is 0 Å². The lowest BCUT2D eigenvalue weighted by Gasteiger charge is -2.23. The molecule has 1 atom stereocenters. The number of carbonyl (C=O) groups excluding carboxylic acids is 3. The van der Waals surface area contributed by atoms with Crippen LogP contribution in [0.5, 0.6) is 0 Å². The van der Waals surface area contributed by atoms with Crippen molar-refractivity contribution in [3.05, 3.63) is 35.4 Å². The smallest absolute Gasteiger partial charge is 0.347 e. The van der Waals surface area contributed by atoms with E-state index < -0.39 is 18.0 Å². The van der Waals surface area contributed by atoms with Gasteiger partial charge in [0.15, 0.2) is 0 Å². The Morgan fingerprint density at radius 1 is 1.30 bits per heavy atom. The van der Waals surface area contributed by atoms with Crippen LogP contribution >= 0.6 is 0 Å². The molecule has 0 bridgehead atoms. The average molecular weight is 320 g/mol. The predicted molar refractivity (Wildman–Crippen MR) is 82.0 cm³/mol. The van der Waals surface area contributed by atoms with Crippen LogP contribution in [0.25, 0.3) is 0 Å². The van der Waals surface area contributed by atoms with Crippen molar-refractivity contribution in [3.63, 3.8) is 0 Å². The molecular weight excluding hydrogens is 300 g/mol. The highest BCUT2D eigenvalue weighted by Crippen LogP contribution is 2.21. The van der Waals surface area contributed by atoms with Gasteiger partial charge in [-0.1, -0.05) is 18.2 Å². The summed E-state index contributed by atoms with van der Waals surface area (Å²) in [7, 11) is 0. The SMILES string of the molecule is CCNC(=O)NCCCOC(=O)[C@H]1Cc2ccccc2C(=O)O1. The van der Waals surface area contributed by atoms with E-state index in [4.69, 9.17) is 9.47 Å². The molecule has 1 aromatic rings. The Labute approximate surface area is 134 Å². The van der Waals surface area contributed by atoms with Crippen LogP contribution in [0.2, 0.25) is 0 Å². The molecule has 1 aromatic carbocycles. The zero-order chi connectivity index (χ0) is 16.7. The second-order valence-electron chi connectivity index (χ2n) is 5.06. The van der Waals surface area contributed by atoms with Crippen molar-refractivity contribution in [2.45, 2.75) is 25.9 Å². The fourth-order valence-corrected chi connectivity index (χ4v) is 2.23. The number of hydrogen-bond donors (Lipinski definition) is 2. The third kappa shape index (κ3) is 4.70. The summed E-state index contributed by atoms with van der Waals surface area (Å²) >= 11 is 0. The third-order valence-electron chi connectivity index (χ3n) is 3.34. The van der Waals surface area contributed by atoms with Crippen molar-refractivity contribution in [2.75, 3.05) is 19.7 Å². The van der Waals surface area contributed by atoms with Gasteiger partial charge in [-0.15, -0.1) is 0 Å². The van der Waals surface area contributed by atoms with E-state index in [9.17, 15) is 14.4 Å². The van der Waals surface area contributed by atoms with Crippen molar-refractivity contribution >= 4 is 18.0 Å². The van der Waals surface area contributed by atoms with Crippen LogP contribution in [-0.4, -0.2) is 43.8 Å². The van der Waals surface area contributed by atoms with E-state index in [1.54, 1.807) is 18.2 Å². The van der Waals surface area contributed by atoms with Crippen LogP contribution in [0.4, 0.5) is 4.79 Å². The Hall–Kier alpha value is -2.57. The highest BCUT2D eigenvalue weighted by molar-refractivity contribution is 5.94. The second-order valence-corrected chi connectivity index (χ2v) is 5.06. The third-order valence-corrected chi connectivity index (χ3v) is 3.34. The molecule has 0 unspecified atom stereocenters. The number of rotatable bonds is 6. The monoisotopic (exact) mass is 320 g/mol. The van der Waals surface area contributed by atoms with E-state index in [1.807, 2.05) is 13.0 Å². The number of nitrogens with one attached hydrogen (secondary N) is 2. The van der Waals surface area contributed by atoms with Crippen LogP contribution in [0, 0.1) is 0 Å². The average Bonchev–Trinajstić information content (AvgIpc) is 2.54. The lowest BCUT2D eigenvalue weighted by atomic mass is 9.99. The van der Waals surface area contributed by atoms with Crippen molar-refractivity contribution in [1.29, 1.82) is 0 Å². The molecule has 1 aliphatic rings. The summed E-state index contributed by atoms with van der Waals surface area (Å²) in [6, 6.07) is 6.78. The van der Waals surface area contributed by atoms with Crippen LogP contribution in [-0.2, 0) is 20.7 Å². The van der Waals surface area contributed by atoms with Gasteiger partial charge in [0.1, 0.15) is 0 Å². The number of esters is 2. The number of amides is 2. The normalized spacial score (nSPS) is 16.0. The van der Waals surface area contributed by atoms with Crippen LogP contribution in [0.15, 0.2) is 24.3 Å². The number of fused-ring (bicyclic) bond motifs is 1. The fourth-order valence-electron chi connectivity index (χ4n) is 2.23. The number of ether oxygens (including phenoxy) is 2. The molecular formula is C16H20N2O5. The highest BCUT2D eigenvalue weighted by atomic mass is 16.6. The molecule has 0 saturated heterocycles. The van der Waals surface area contributed by atoms with Crippen molar-refractivity contribution in [1.82, 2.24) is 10.6 Å². The van der Waals surface area contributed by atoms with Gasteiger partial charge in [0, 0.05) is 19.5 Å². The molecule has 7 heteroatoms. The number of benzene rings is 1. The summed E-state index contributed by atoms with van der Waals surface area (Å²) < 4.78 is 10.2. The van der Waals surface area contributed by atoms with Gasteiger partial charge in [-0.2, -0.15) is 0 Å².